The summed E-state index contributed by atoms with van der Waals surface area (Å²) in [5.74, 6) is -0.323. The van der Waals surface area contributed by atoms with Crippen LogP contribution < -0.4 is 10.0 Å². The lowest BCUT2D eigenvalue weighted by Gasteiger charge is -2.08. The van der Waals surface area contributed by atoms with E-state index in [-0.39, 0.29) is 29.6 Å². The fourth-order valence-corrected chi connectivity index (χ4v) is 3.35. The molecule has 0 heterocycles. The number of nitrogens with one attached hydrogen (secondary N) is 2. The maximum absolute atomic E-state index is 12.1. The van der Waals surface area contributed by atoms with Gasteiger partial charge in [-0.2, -0.15) is 0 Å². The fourth-order valence-electron chi connectivity index (χ4n) is 1.92. The Morgan fingerprint density at radius 3 is 2.40 bits per heavy atom. The van der Waals surface area contributed by atoms with Crippen LogP contribution in [0.2, 0.25) is 0 Å². The number of benzene rings is 2. The first-order valence-electron chi connectivity index (χ1n) is 7.07. The average Bonchev–Trinajstić information content (AvgIpc) is 2.58. The van der Waals surface area contributed by atoms with Crippen molar-refractivity contribution in [3.05, 3.63) is 68.7 Å². The summed E-state index contributed by atoms with van der Waals surface area (Å²) >= 11 is 3.26. The second-order valence-corrected chi connectivity index (χ2v) is 7.60. The third-order valence-electron chi connectivity index (χ3n) is 3.15. The number of rotatable bonds is 7. The quantitative estimate of drug-likeness (QED) is 0.398. The average molecular weight is 428 g/mol. The molecule has 0 aromatic heterocycles. The van der Waals surface area contributed by atoms with E-state index in [9.17, 15) is 23.3 Å². The standard InChI is InChI=1S/C15H14BrN3O5S/c16-12-3-1-2-11(10-12)15(20)17-8-9-18-25(23,24)14-6-4-13(5-7-14)19(21)22/h1-7,10,18H,8-9H2,(H,17,20). The molecule has 2 N–H and O–H groups in total. The van der Waals surface area contributed by atoms with E-state index in [1.807, 2.05) is 0 Å². The van der Waals surface area contributed by atoms with Gasteiger partial charge in [-0.05, 0) is 30.3 Å². The topological polar surface area (TPSA) is 118 Å². The van der Waals surface area contributed by atoms with Gasteiger partial charge in [-0.15, -0.1) is 0 Å². The van der Waals surface area contributed by atoms with Crippen molar-refractivity contribution in [2.45, 2.75) is 4.90 Å². The highest BCUT2D eigenvalue weighted by Gasteiger charge is 2.15. The molecular formula is C15H14BrN3O5S. The highest BCUT2D eigenvalue weighted by Crippen LogP contribution is 2.15. The second kappa shape index (κ2) is 8.19. The van der Waals surface area contributed by atoms with E-state index in [1.165, 1.54) is 0 Å². The van der Waals surface area contributed by atoms with Crippen LogP contribution in [0, 0.1) is 10.1 Å². The predicted molar refractivity (Wildman–Crippen MR) is 94.8 cm³/mol. The van der Waals surface area contributed by atoms with Crippen LogP contribution in [-0.2, 0) is 10.0 Å². The third kappa shape index (κ3) is 5.34. The Kier molecular flexibility index (Phi) is 6.23. The van der Waals surface area contributed by atoms with E-state index in [0.29, 0.717) is 5.56 Å². The van der Waals surface area contributed by atoms with Gasteiger partial charge in [0, 0.05) is 35.3 Å². The molecule has 0 aliphatic heterocycles. The minimum absolute atomic E-state index is 0.0148. The number of amides is 1. The lowest BCUT2D eigenvalue weighted by atomic mass is 10.2. The summed E-state index contributed by atoms with van der Waals surface area (Å²) < 4.78 is 27.2. The molecule has 8 nitrogen and oxygen atoms in total. The van der Waals surface area contributed by atoms with Gasteiger partial charge >= 0.3 is 0 Å². The first kappa shape index (κ1) is 19.0. The van der Waals surface area contributed by atoms with Gasteiger partial charge in [0.25, 0.3) is 11.6 Å². The van der Waals surface area contributed by atoms with Crippen molar-refractivity contribution in [3.8, 4) is 0 Å². The molecule has 0 unspecified atom stereocenters. The zero-order valence-electron chi connectivity index (χ0n) is 12.8. The zero-order valence-corrected chi connectivity index (χ0v) is 15.2. The van der Waals surface area contributed by atoms with Crippen LogP contribution in [0.5, 0.6) is 0 Å². The molecule has 0 saturated carbocycles. The van der Waals surface area contributed by atoms with E-state index in [2.05, 4.69) is 26.0 Å². The Bertz CT molecular complexity index is 884. The van der Waals surface area contributed by atoms with Crippen molar-refractivity contribution in [3.63, 3.8) is 0 Å². The van der Waals surface area contributed by atoms with Gasteiger partial charge in [-0.1, -0.05) is 22.0 Å². The van der Waals surface area contributed by atoms with Crippen LogP contribution in [-0.4, -0.2) is 32.3 Å². The van der Waals surface area contributed by atoms with Crippen molar-refractivity contribution >= 4 is 37.5 Å². The molecule has 10 heteroatoms. The Morgan fingerprint density at radius 2 is 1.80 bits per heavy atom. The maximum atomic E-state index is 12.1. The zero-order chi connectivity index (χ0) is 18.4. The smallest absolute Gasteiger partial charge is 0.269 e. The molecule has 25 heavy (non-hydrogen) atoms. The number of hydrogen-bond donors (Lipinski definition) is 2. The fraction of sp³-hybridized carbons (Fsp3) is 0.133. The number of nitrogens with zero attached hydrogens (tertiary/aromatic N) is 1. The normalized spacial score (nSPS) is 11.1. The van der Waals surface area contributed by atoms with Gasteiger partial charge in [0.1, 0.15) is 0 Å². The summed E-state index contributed by atoms with van der Waals surface area (Å²) in [6.45, 7) is 0.0800. The molecule has 0 aliphatic rings. The lowest BCUT2D eigenvalue weighted by Crippen LogP contribution is -2.34. The van der Waals surface area contributed by atoms with Gasteiger partial charge in [0.05, 0.1) is 9.82 Å². The Hall–Kier alpha value is -2.30. The third-order valence-corrected chi connectivity index (χ3v) is 5.12. The maximum Gasteiger partial charge on any atom is 0.269 e. The summed E-state index contributed by atoms with van der Waals surface area (Å²) in [4.78, 5) is 21.8. The Morgan fingerprint density at radius 1 is 1.12 bits per heavy atom. The van der Waals surface area contributed by atoms with Crippen molar-refractivity contribution in [2.75, 3.05) is 13.1 Å². The van der Waals surface area contributed by atoms with E-state index in [0.717, 1.165) is 28.7 Å². The predicted octanol–water partition coefficient (Wildman–Crippen LogP) is 2.07. The molecule has 0 spiro atoms. The molecular weight excluding hydrogens is 414 g/mol. The Balaban J connectivity index is 1.88. The first-order valence-corrected chi connectivity index (χ1v) is 9.35. The monoisotopic (exact) mass is 427 g/mol. The van der Waals surface area contributed by atoms with Crippen LogP contribution in [0.25, 0.3) is 0 Å². The van der Waals surface area contributed by atoms with Gasteiger partial charge < -0.3 is 5.32 Å². The number of non-ortho nitro benzene ring substituents is 1. The number of carbonyl (C=O) groups excluding carboxylic acids is 1. The van der Waals surface area contributed by atoms with Crippen LogP contribution in [0.1, 0.15) is 10.4 Å². The largest absolute Gasteiger partial charge is 0.351 e. The molecule has 1 amide bonds. The summed E-state index contributed by atoms with van der Waals surface area (Å²) in [7, 11) is -3.80. The van der Waals surface area contributed by atoms with Gasteiger partial charge in [-0.25, -0.2) is 13.1 Å². The summed E-state index contributed by atoms with van der Waals surface area (Å²) in [5, 5.41) is 13.2. The lowest BCUT2D eigenvalue weighted by molar-refractivity contribution is -0.384. The minimum atomic E-state index is -3.80. The number of nitro groups is 1. The molecule has 2 aromatic rings. The van der Waals surface area contributed by atoms with E-state index < -0.39 is 14.9 Å². The Labute approximate surface area is 152 Å². The van der Waals surface area contributed by atoms with Gasteiger partial charge in [0.15, 0.2) is 0 Å². The van der Waals surface area contributed by atoms with E-state index in [1.54, 1.807) is 24.3 Å². The number of nitro benzene ring substituents is 1. The van der Waals surface area contributed by atoms with Gasteiger partial charge in [0.2, 0.25) is 10.0 Å². The van der Waals surface area contributed by atoms with E-state index >= 15 is 0 Å². The molecule has 0 atom stereocenters. The minimum Gasteiger partial charge on any atom is -0.351 e. The number of halogens is 1. The highest BCUT2D eigenvalue weighted by molar-refractivity contribution is 9.10. The summed E-state index contributed by atoms with van der Waals surface area (Å²) in [5.41, 5.74) is 0.257. The van der Waals surface area contributed by atoms with Crippen molar-refractivity contribution in [1.82, 2.24) is 10.0 Å². The summed E-state index contributed by atoms with van der Waals surface area (Å²) in [6, 6.07) is 11.3. The SMILES string of the molecule is O=C(NCCNS(=O)(=O)c1ccc([N+](=O)[O-])cc1)c1cccc(Br)c1. The van der Waals surface area contributed by atoms with Crippen LogP contribution in [0.3, 0.4) is 0 Å². The molecule has 0 bridgehead atoms. The molecule has 2 rings (SSSR count). The molecule has 132 valence electrons. The second-order valence-electron chi connectivity index (χ2n) is 4.92. The van der Waals surface area contributed by atoms with E-state index in [4.69, 9.17) is 0 Å². The van der Waals surface area contributed by atoms with Crippen molar-refractivity contribution < 1.29 is 18.1 Å². The van der Waals surface area contributed by atoms with Crippen LogP contribution in [0.4, 0.5) is 5.69 Å². The van der Waals surface area contributed by atoms with Crippen molar-refractivity contribution in [2.24, 2.45) is 0 Å². The van der Waals surface area contributed by atoms with Crippen LogP contribution >= 0.6 is 15.9 Å². The number of carbonyl (C=O) groups is 1. The highest BCUT2D eigenvalue weighted by atomic mass is 79.9. The number of hydrogen-bond acceptors (Lipinski definition) is 5. The molecule has 0 radical (unpaired) electrons. The molecule has 2 aromatic carbocycles. The summed E-state index contributed by atoms with van der Waals surface area (Å²) in [6.07, 6.45) is 0. The molecule has 0 saturated heterocycles. The van der Waals surface area contributed by atoms with Crippen molar-refractivity contribution in [1.29, 1.82) is 0 Å². The first-order chi connectivity index (χ1) is 11.8. The molecule has 0 aliphatic carbocycles. The van der Waals surface area contributed by atoms with Gasteiger partial charge in [-0.3, -0.25) is 14.9 Å². The van der Waals surface area contributed by atoms with Crippen LogP contribution in [0.15, 0.2) is 57.9 Å². The number of sulfonamides is 1. The molecule has 0 fully saturated rings.